The topological polar surface area (TPSA) is 52.4 Å². The van der Waals surface area contributed by atoms with Crippen molar-refractivity contribution < 1.29 is 14.1 Å². The van der Waals surface area contributed by atoms with E-state index in [0.29, 0.717) is 18.1 Å². The second-order valence-corrected chi connectivity index (χ2v) is 4.30. The van der Waals surface area contributed by atoms with Crippen LogP contribution >= 0.6 is 11.6 Å². The van der Waals surface area contributed by atoms with Gasteiger partial charge in [0.2, 0.25) is 0 Å². The minimum atomic E-state index is -0.704. The van der Waals surface area contributed by atoms with E-state index in [1.807, 2.05) is 0 Å². The monoisotopic (exact) mass is 275 g/mol. The summed E-state index contributed by atoms with van der Waals surface area (Å²) in [4.78, 5) is 9.99. The van der Waals surface area contributed by atoms with E-state index in [2.05, 4.69) is 0 Å². The molecule has 0 spiro atoms. The molecule has 0 saturated heterocycles. The fourth-order valence-corrected chi connectivity index (χ4v) is 1.70. The lowest BCUT2D eigenvalue weighted by Crippen LogP contribution is -2.01. The number of ether oxygens (including phenoxy) is 1. The van der Waals surface area contributed by atoms with E-state index in [1.165, 1.54) is 6.07 Å². The Balaban J connectivity index is 2.62. The van der Waals surface area contributed by atoms with Gasteiger partial charge < -0.3 is 4.74 Å². The molecule has 0 bridgehead atoms. The van der Waals surface area contributed by atoms with Crippen LogP contribution in [-0.4, -0.2) is 17.4 Å². The van der Waals surface area contributed by atoms with Gasteiger partial charge in [-0.2, -0.15) is 0 Å². The van der Waals surface area contributed by atoms with E-state index in [1.54, 1.807) is 6.92 Å². The number of nitro benzene ring substituents is 1. The summed E-state index contributed by atoms with van der Waals surface area (Å²) in [5.74, 6) is -0.0426. The Kier molecular flexibility index (Phi) is 5.85. The van der Waals surface area contributed by atoms with Gasteiger partial charge in [-0.25, -0.2) is 4.39 Å². The third-order valence-electron chi connectivity index (χ3n) is 2.48. The largest absolute Gasteiger partial charge is 0.491 e. The summed E-state index contributed by atoms with van der Waals surface area (Å²) in [6.07, 6.45) is 2.59. The molecule has 100 valence electrons. The molecular weight excluding hydrogens is 261 g/mol. The Morgan fingerprint density at radius 1 is 1.39 bits per heavy atom. The molecule has 0 aliphatic heterocycles. The first-order chi connectivity index (χ1) is 8.56. The van der Waals surface area contributed by atoms with Gasteiger partial charge >= 0.3 is 0 Å². The van der Waals surface area contributed by atoms with E-state index in [0.717, 1.165) is 25.3 Å². The normalized spacial score (nSPS) is 10.4. The molecule has 4 nitrogen and oxygen atoms in total. The molecule has 0 radical (unpaired) electrons. The summed E-state index contributed by atoms with van der Waals surface area (Å²) in [5.41, 5.74) is 0.152. The van der Waals surface area contributed by atoms with Crippen molar-refractivity contribution in [2.75, 3.05) is 12.5 Å². The number of hydrogen-bond donors (Lipinski definition) is 0. The number of hydrogen-bond acceptors (Lipinski definition) is 3. The first-order valence-electron chi connectivity index (χ1n) is 5.69. The van der Waals surface area contributed by atoms with Gasteiger partial charge in [0.25, 0.3) is 5.69 Å². The van der Waals surface area contributed by atoms with E-state index in [4.69, 9.17) is 16.3 Å². The number of halogens is 2. The lowest BCUT2D eigenvalue weighted by molar-refractivity contribution is -0.385. The van der Waals surface area contributed by atoms with Gasteiger partial charge in [-0.15, -0.1) is 11.6 Å². The molecule has 6 heteroatoms. The van der Waals surface area contributed by atoms with Crippen molar-refractivity contribution in [2.45, 2.75) is 26.2 Å². The minimum Gasteiger partial charge on any atom is -0.491 e. The predicted molar refractivity (Wildman–Crippen MR) is 67.9 cm³/mol. The fourth-order valence-electron chi connectivity index (χ4n) is 1.51. The number of nitrogens with zero attached hydrogens (tertiary/aromatic N) is 1. The summed E-state index contributed by atoms with van der Waals surface area (Å²) >= 11 is 5.53. The van der Waals surface area contributed by atoms with Crippen LogP contribution in [0.4, 0.5) is 10.1 Å². The SMILES string of the molecule is Cc1cc(OCCCCCCl)c(F)cc1[N+](=O)[O-]. The van der Waals surface area contributed by atoms with Crippen LogP contribution < -0.4 is 4.74 Å². The van der Waals surface area contributed by atoms with Gasteiger partial charge in [-0.05, 0) is 32.3 Å². The molecule has 0 aliphatic rings. The second kappa shape index (κ2) is 7.16. The quantitative estimate of drug-likeness (QED) is 0.329. The molecule has 0 saturated carbocycles. The van der Waals surface area contributed by atoms with E-state index >= 15 is 0 Å². The number of alkyl halides is 1. The second-order valence-electron chi connectivity index (χ2n) is 3.92. The summed E-state index contributed by atoms with van der Waals surface area (Å²) in [5, 5.41) is 10.6. The number of aryl methyl sites for hydroxylation is 1. The highest BCUT2D eigenvalue weighted by Gasteiger charge is 2.16. The fraction of sp³-hybridized carbons (Fsp3) is 0.500. The molecule has 1 aromatic rings. The van der Waals surface area contributed by atoms with Crippen molar-refractivity contribution in [1.82, 2.24) is 0 Å². The first kappa shape index (κ1) is 14.7. The van der Waals surface area contributed by atoms with E-state index in [9.17, 15) is 14.5 Å². The maximum atomic E-state index is 13.5. The Labute approximate surface area is 110 Å². The lowest BCUT2D eigenvalue weighted by Gasteiger charge is -2.08. The van der Waals surface area contributed by atoms with Crippen LogP contribution in [0.25, 0.3) is 0 Å². The van der Waals surface area contributed by atoms with Gasteiger partial charge in [-0.1, -0.05) is 0 Å². The Morgan fingerprint density at radius 2 is 2.11 bits per heavy atom. The Bertz CT molecular complexity index is 426. The molecule has 0 aliphatic carbocycles. The summed E-state index contributed by atoms with van der Waals surface area (Å²) < 4.78 is 18.8. The number of nitro groups is 1. The molecule has 1 aromatic carbocycles. The number of benzene rings is 1. The Morgan fingerprint density at radius 3 is 2.72 bits per heavy atom. The molecule has 0 unspecified atom stereocenters. The zero-order chi connectivity index (χ0) is 13.5. The Hall–Kier alpha value is -1.36. The smallest absolute Gasteiger partial charge is 0.275 e. The van der Waals surface area contributed by atoms with Crippen LogP contribution in [0.15, 0.2) is 12.1 Å². The molecule has 1 rings (SSSR count). The molecule has 0 atom stereocenters. The van der Waals surface area contributed by atoms with Crippen LogP contribution in [0.5, 0.6) is 5.75 Å². The van der Waals surface area contributed by atoms with Crippen molar-refractivity contribution in [1.29, 1.82) is 0 Å². The standard InChI is InChI=1S/C12H15ClFNO3/c1-9-7-12(18-6-4-2-3-5-13)10(14)8-11(9)15(16)17/h7-8H,2-6H2,1H3. The average Bonchev–Trinajstić information content (AvgIpc) is 2.32. The van der Waals surface area contributed by atoms with Crippen molar-refractivity contribution in [2.24, 2.45) is 0 Å². The van der Waals surface area contributed by atoms with Gasteiger partial charge in [0.1, 0.15) is 0 Å². The van der Waals surface area contributed by atoms with Gasteiger partial charge in [0.15, 0.2) is 11.6 Å². The predicted octanol–water partition coefficient (Wildman–Crippen LogP) is 3.83. The first-order valence-corrected chi connectivity index (χ1v) is 6.23. The summed E-state index contributed by atoms with van der Waals surface area (Å²) in [6, 6.07) is 2.25. The number of rotatable bonds is 7. The van der Waals surface area contributed by atoms with Crippen molar-refractivity contribution in [3.8, 4) is 5.75 Å². The molecule has 0 aromatic heterocycles. The van der Waals surface area contributed by atoms with Crippen LogP contribution in [0.2, 0.25) is 0 Å². The minimum absolute atomic E-state index is 0.0592. The molecule has 0 fully saturated rings. The zero-order valence-electron chi connectivity index (χ0n) is 10.1. The van der Waals surface area contributed by atoms with Crippen LogP contribution in [0.3, 0.4) is 0 Å². The summed E-state index contributed by atoms with van der Waals surface area (Å²) in [6.45, 7) is 1.93. The third kappa shape index (κ3) is 4.14. The van der Waals surface area contributed by atoms with Crippen molar-refractivity contribution >= 4 is 17.3 Å². The van der Waals surface area contributed by atoms with Crippen LogP contribution in [0.1, 0.15) is 24.8 Å². The van der Waals surface area contributed by atoms with Gasteiger partial charge in [0.05, 0.1) is 17.6 Å². The molecule has 0 heterocycles. The van der Waals surface area contributed by atoms with Gasteiger partial charge in [-0.3, -0.25) is 10.1 Å². The van der Waals surface area contributed by atoms with Crippen LogP contribution in [-0.2, 0) is 0 Å². The maximum Gasteiger partial charge on any atom is 0.275 e. The third-order valence-corrected chi connectivity index (χ3v) is 2.75. The maximum absolute atomic E-state index is 13.5. The molecular formula is C12H15ClFNO3. The van der Waals surface area contributed by atoms with Crippen LogP contribution in [0, 0.1) is 22.9 Å². The zero-order valence-corrected chi connectivity index (χ0v) is 10.9. The number of unbranched alkanes of at least 4 members (excludes halogenated alkanes) is 2. The molecule has 18 heavy (non-hydrogen) atoms. The molecule has 0 N–H and O–H groups in total. The summed E-state index contributed by atoms with van der Waals surface area (Å²) in [7, 11) is 0. The molecule has 0 amide bonds. The van der Waals surface area contributed by atoms with E-state index < -0.39 is 10.7 Å². The highest BCUT2D eigenvalue weighted by atomic mass is 35.5. The highest BCUT2D eigenvalue weighted by molar-refractivity contribution is 6.17. The highest BCUT2D eigenvalue weighted by Crippen LogP contribution is 2.27. The van der Waals surface area contributed by atoms with Gasteiger partial charge in [0, 0.05) is 11.4 Å². The van der Waals surface area contributed by atoms with E-state index in [-0.39, 0.29) is 11.4 Å². The lowest BCUT2D eigenvalue weighted by atomic mass is 10.2. The van der Waals surface area contributed by atoms with Crippen molar-refractivity contribution in [3.05, 3.63) is 33.6 Å². The average molecular weight is 276 g/mol. The van der Waals surface area contributed by atoms with Crippen molar-refractivity contribution in [3.63, 3.8) is 0 Å².